The molecule has 2 rings (SSSR count). The molecule has 2 amide bonds. The molecule has 0 saturated carbocycles. The quantitative estimate of drug-likeness (QED) is 0.560. The van der Waals surface area contributed by atoms with E-state index in [4.69, 9.17) is 0 Å². The summed E-state index contributed by atoms with van der Waals surface area (Å²) in [5, 5.41) is 6.76. The van der Waals surface area contributed by atoms with Crippen molar-refractivity contribution in [1.29, 1.82) is 0 Å². The summed E-state index contributed by atoms with van der Waals surface area (Å²) in [4.78, 5) is 23.7. The van der Waals surface area contributed by atoms with Crippen LogP contribution in [0.4, 0.5) is 10.1 Å². The van der Waals surface area contributed by atoms with Crippen molar-refractivity contribution in [3.8, 4) is 0 Å². The SMILES string of the molecule is CC/C(Cc1ccccc1)=N/NC(=O)CCC(=O)Nc1ccc(F)cc1. The fourth-order valence-corrected chi connectivity index (χ4v) is 2.26. The van der Waals surface area contributed by atoms with Gasteiger partial charge in [-0.05, 0) is 36.2 Å². The number of carbonyl (C=O) groups excluding carboxylic acids is 2. The Kier molecular flexibility index (Phi) is 7.49. The van der Waals surface area contributed by atoms with Crippen molar-refractivity contribution in [3.05, 3.63) is 66.0 Å². The van der Waals surface area contributed by atoms with Gasteiger partial charge < -0.3 is 5.32 Å². The molecule has 0 aromatic heterocycles. The number of rotatable bonds is 8. The van der Waals surface area contributed by atoms with Crippen LogP contribution in [0.2, 0.25) is 0 Å². The van der Waals surface area contributed by atoms with Gasteiger partial charge in [0.2, 0.25) is 11.8 Å². The number of hydrogen-bond acceptors (Lipinski definition) is 3. The minimum Gasteiger partial charge on any atom is -0.326 e. The van der Waals surface area contributed by atoms with Gasteiger partial charge in [-0.2, -0.15) is 5.10 Å². The molecule has 2 N–H and O–H groups in total. The minimum atomic E-state index is -0.373. The first-order chi connectivity index (χ1) is 12.6. The van der Waals surface area contributed by atoms with Crippen molar-refractivity contribution in [3.63, 3.8) is 0 Å². The van der Waals surface area contributed by atoms with Gasteiger partial charge in [0.25, 0.3) is 0 Å². The maximum absolute atomic E-state index is 12.8. The summed E-state index contributed by atoms with van der Waals surface area (Å²) in [5.74, 6) is -1.00. The normalized spacial score (nSPS) is 11.1. The smallest absolute Gasteiger partial charge is 0.240 e. The molecule has 2 aromatic carbocycles. The van der Waals surface area contributed by atoms with Crippen LogP contribution in [0, 0.1) is 5.82 Å². The fourth-order valence-electron chi connectivity index (χ4n) is 2.26. The van der Waals surface area contributed by atoms with Crippen LogP contribution >= 0.6 is 0 Å². The van der Waals surface area contributed by atoms with Gasteiger partial charge in [0.1, 0.15) is 5.82 Å². The Balaban J connectivity index is 1.76. The van der Waals surface area contributed by atoms with Gasteiger partial charge in [-0.3, -0.25) is 9.59 Å². The van der Waals surface area contributed by atoms with Gasteiger partial charge in [0.15, 0.2) is 0 Å². The van der Waals surface area contributed by atoms with Gasteiger partial charge >= 0.3 is 0 Å². The first-order valence-electron chi connectivity index (χ1n) is 8.50. The highest BCUT2D eigenvalue weighted by atomic mass is 19.1. The van der Waals surface area contributed by atoms with Crippen LogP contribution in [0.15, 0.2) is 59.7 Å². The first-order valence-corrected chi connectivity index (χ1v) is 8.50. The Bertz CT molecular complexity index is 758. The third-order valence-electron chi connectivity index (χ3n) is 3.70. The van der Waals surface area contributed by atoms with E-state index in [0.29, 0.717) is 12.1 Å². The highest BCUT2D eigenvalue weighted by Gasteiger charge is 2.08. The number of benzene rings is 2. The van der Waals surface area contributed by atoms with Crippen LogP contribution in [-0.4, -0.2) is 17.5 Å². The summed E-state index contributed by atoms with van der Waals surface area (Å²) in [6.07, 6.45) is 1.45. The first kappa shape index (κ1) is 19.3. The molecule has 0 aliphatic heterocycles. The lowest BCUT2D eigenvalue weighted by Gasteiger charge is -2.06. The topological polar surface area (TPSA) is 70.6 Å². The molecule has 0 radical (unpaired) electrons. The number of anilines is 1. The molecular formula is C20H22FN3O2. The lowest BCUT2D eigenvalue weighted by Crippen LogP contribution is -2.22. The van der Waals surface area contributed by atoms with Gasteiger partial charge in [-0.25, -0.2) is 9.82 Å². The summed E-state index contributed by atoms with van der Waals surface area (Å²) in [5.41, 5.74) is 4.98. The van der Waals surface area contributed by atoms with Gasteiger partial charge in [0, 0.05) is 30.7 Å². The van der Waals surface area contributed by atoms with Gasteiger partial charge in [0.05, 0.1) is 0 Å². The van der Waals surface area contributed by atoms with E-state index < -0.39 is 0 Å². The number of carbonyl (C=O) groups is 2. The molecule has 0 aliphatic rings. The number of amides is 2. The molecule has 0 saturated heterocycles. The van der Waals surface area contributed by atoms with Crippen molar-refractivity contribution in [2.24, 2.45) is 5.10 Å². The Morgan fingerprint density at radius 1 is 0.962 bits per heavy atom. The van der Waals surface area contributed by atoms with E-state index >= 15 is 0 Å². The maximum Gasteiger partial charge on any atom is 0.240 e. The van der Waals surface area contributed by atoms with E-state index in [1.165, 1.54) is 24.3 Å². The molecular weight excluding hydrogens is 333 g/mol. The summed E-state index contributed by atoms with van der Waals surface area (Å²) < 4.78 is 12.8. The second kappa shape index (κ2) is 10.1. The number of nitrogens with one attached hydrogen (secondary N) is 2. The Morgan fingerprint density at radius 3 is 2.27 bits per heavy atom. The van der Waals surface area contributed by atoms with E-state index in [0.717, 1.165) is 17.7 Å². The monoisotopic (exact) mass is 355 g/mol. The summed E-state index contributed by atoms with van der Waals surface area (Å²) in [6.45, 7) is 1.98. The predicted molar refractivity (Wildman–Crippen MR) is 100 cm³/mol. The molecule has 0 aliphatic carbocycles. The molecule has 0 unspecified atom stereocenters. The average Bonchev–Trinajstić information content (AvgIpc) is 2.66. The lowest BCUT2D eigenvalue weighted by atomic mass is 10.1. The van der Waals surface area contributed by atoms with Crippen molar-refractivity contribution in [1.82, 2.24) is 5.43 Å². The van der Waals surface area contributed by atoms with Crippen LogP contribution in [0.3, 0.4) is 0 Å². The summed E-state index contributed by atoms with van der Waals surface area (Å²) in [6, 6.07) is 15.3. The van der Waals surface area contributed by atoms with Crippen LogP contribution in [0.5, 0.6) is 0 Å². The Morgan fingerprint density at radius 2 is 1.62 bits per heavy atom. The molecule has 0 spiro atoms. The molecule has 0 heterocycles. The second-order valence-corrected chi connectivity index (χ2v) is 5.78. The molecule has 2 aromatic rings. The maximum atomic E-state index is 12.8. The summed E-state index contributed by atoms with van der Waals surface area (Å²) >= 11 is 0. The Hall–Kier alpha value is -3.02. The highest BCUT2D eigenvalue weighted by molar-refractivity contribution is 5.93. The van der Waals surface area contributed by atoms with Crippen molar-refractivity contribution < 1.29 is 14.0 Å². The molecule has 26 heavy (non-hydrogen) atoms. The highest BCUT2D eigenvalue weighted by Crippen LogP contribution is 2.09. The van der Waals surface area contributed by atoms with E-state index in [2.05, 4.69) is 15.8 Å². The van der Waals surface area contributed by atoms with E-state index in [-0.39, 0.29) is 30.5 Å². The van der Waals surface area contributed by atoms with Crippen molar-refractivity contribution in [2.75, 3.05) is 5.32 Å². The van der Waals surface area contributed by atoms with Gasteiger partial charge in [-0.1, -0.05) is 37.3 Å². The van der Waals surface area contributed by atoms with E-state index in [1.54, 1.807) is 0 Å². The van der Waals surface area contributed by atoms with Crippen LogP contribution in [-0.2, 0) is 16.0 Å². The lowest BCUT2D eigenvalue weighted by molar-refractivity contribution is -0.124. The zero-order valence-corrected chi connectivity index (χ0v) is 14.7. The average molecular weight is 355 g/mol. The molecule has 6 heteroatoms. The fraction of sp³-hybridized carbons (Fsp3) is 0.250. The number of nitrogens with zero attached hydrogens (tertiary/aromatic N) is 1. The van der Waals surface area contributed by atoms with Crippen molar-refractivity contribution in [2.45, 2.75) is 32.6 Å². The van der Waals surface area contributed by atoms with Crippen LogP contribution < -0.4 is 10.7 Å². The molecule has 5 nitrogen and oxygen atoms in total. The molecule has 0 atom stereocenters. The zero-order valence-electron chi connectivity index (χ0n) is 14.7. The van der Waals surface area contributed by atoms with Gasteiger partial charge in [-0.15, -0.1) is 0 Å². The molecule has 0 fully saturated rings. The Labute approximate surface area is 152 Å². The third-order valence-corrected chi connectivity index (χ3v) is 3.70. The standard InChI is InChI=1S/C20H22FN3O2/c1-2-17(14-15-6-4-3-5-7-15)23-24-20(26)13-12-19(25)22-18-10-8-16(21)9-11-18/h3-11H,2,12-14H2,1H3,(H,22,25)(H,24,26)/b23-17-. The summed E-state index contributed by atoms with van der Waals surface area (Å²) in [7, 11) is 0. The minimum absolute atomic E-state index is 0.0266. The molecule has 136 valence electrons. The number of hydrazone groups is 1. The largest absolute Gasteiger partial charge is 0.326 e. The van der Waals surface area contributed by atoms with E-state index in [1.807, 2.05) is 37.3 Å². The van der Waals surface area contributed by atoms with Crippen molar-refractivity contribution >= 4 is 23.2 Å². The van der Waals surface area contributed by atoms with Crippen LogP contribution in [0.1, 0.15) is 31.7 Å². The third kappa shape index (κ3) is 6.84. The number of hydrogen-bond donors (Lipinski definition) is 2. The predicted octanol–water partition coefficient (Wildman–Crippen LogP) is 3.67. The zero-order chi connectivity index (χ0) is 18.8. The van der Waals surface area contributed by atoms with Crippen LogP contribution in [0.25, 0.3) is 0 Å². The van der Waals surface area contributed by atoms with E-state index in [9.17, 15) is 14.0 Å². The number of halogens is 1. The molecule has 0 bridgehead atoms. The second-order valence-electron chi connectivity index (χ2n) is 5.78.